The first kappa shape index (κ1) is 24.6. The number of hydrogen-bond acceptors (Lipinski definition) is 5. The van der Waals surface area contributed by atoms with Crippen molar-refractivity contribution in [3.63, 3.8) is 0 Å². The van der Waals surface area contributed by atoms with Gasteiger partial charge in [-0.15, -0.1) is 0 Å². The van der Waals surface area contributed by atoms with Crippen molar-refractivity contribution in [1.82, 2.24) is 29.5 Å². The van der Waals surface area contributed by atoms with Gasteiger partial charge in [0.2, 0.25) is 5.91 Å². The van der Waals surface area contributed by atoms with E-state index in [9.17, 15) is 23.2 Å². The van der Waals surface area contributed by atoms with Crippen molar-refractivity contribution in [2.24, 2.45) is 0 Å². The Hall–Kier alpha value is -4.45. The molecule has 3 aliphatic rings. The van der Waals surface area contributed by atoms with Gasteiger partial charge in [0.25, 0.3) is 17.7 Å². The number of benzene rings is 1. The first-order valence-electron chi connectivity index (χ1n) is 13.0. The second kappa shape index (κ2) is 8.78. The molecule has 6 heterocycles. The van der Waals surface area contributed by atoms with Crippen LogP contribution in [0.15, 0.2) is 48.8 Å². The van der Waals surface area contributed by atoms with Gasteiger partial charge in [-0.25, -0.2) is 13.8 Å². The molecule has 0 spiro atoms. The smallest absolute Gasteiger partial charge is 0.261 e. The Morgan fingerprint density at radius 1 is 1.05 bits per heavy atom. The van der Waals surface area contributed by atoms with Gasteiger partial charge in [-0.3, -0.25) is 24.1 Å². The maximum absolute atomic E-state index is 15.5. The topological polar surface area (TPSA) is 101 Å². The molecule has 4 aromatic rings. The highest BCUT2D eigenvalue weighted by molar-refractivity contribution is 6.49. The summed E-state index contributed by atoms with van der Waals surface area (Å²) in [5.41, 5.74) is 2.84. The van der Waals surface area contributed by atoms with E-state index in [1.807, 2.05) is 6.07 Å². The number of rotatable bonds is 3. The summed E-state index contributed by atoms with van der Waals surface area (Å²) in [6.45, 7) is 0.0504. The third-order valence-electron chi connectivity index (χ3n) is 7.97. The van der Waals surface area contributed by atoms with Gasteiger partial charge >= 0.3 is 0 Å². The number of piperidine rings is 1. The van der Waals surface area contributed by atoms with Crippen LogP contribution in [0.25, 0.3) is 27.7 Å². The zero-order valence-corrected chi connectivity index (χ0v) is 21.1. The number of carbonyl (C=O) groups is 3. The van der Waals surface area contributed by atoms with Crippen LogP contribution in [0.5, 0.6) is 0 Å². The molecule has 0 saturated carbocycles. The number of alkyl halides is 2. The fraction of sp³-hybridized carbons (Fsp3) is 0.286. The van der Waals surface area contributed by atoms with Crippen molar-refractivity contribution in [3.05, 3.63) is 71.6 Å². The van der Waals surface area contributed by atoms with Crippen LogP contribution in [0.2, 0.25) is 0 Å². The lowest BCUT2D eigenvalue weighted by atomic mass is 9.95. The first-order valence-corrected chi connectivity index (χ1v) is 13.0. The van der Waals surface area contributed by atoms with Gasteiger partial charge in [-0.2, -0.15) is 4.39 Å². The number of nitrogens with one attached hydrogen (secondary N) is 2. The second-order valence-electron chi connectivity index (χ2n) is 10.3. The zero-order chi connectivity index (χ0) is 27.8. The number of imidazole rings is 1. The third kappa shape index (κ3) is 3.74. The van der Waals surface area contributed by atoms with Crippen molar-refractivity contribution >= 4 is 45.4 Å². The highest BCUT2D eigenvalue weighted by atomic mass is 19.3. The van der Waals surface area contributed by atoms with Crippen LogP contribution < -0.4 is 10.6 Å². The average Bonchev–Trinajstić information content (AvgIpc) is 3.53. The summed E-state index contributed by atoms with van der Waals surface area (Å²) in [4.78, 5) is 45.1. The van der Waals surface area contributed by atoms with Gasteiger partial charge < -0.3 is 14.8 Å². The monoisotopic (exact) mass is 548 g/mol. The quantitative estimate of drug-likeness (QED) is 0.384. The van der Waals surface area contributed by atoms with E-state index in [1.54, 1.807) is 34.9 Å². The molecule has 9 nitrogen and oxygen atoms in total. The van der Waals surface area contributed by atoms with Crippen LogP contribution in [0.1, 0.15) is 29.7 Å². The molecular weight excluding hydrogens is 525 g/mol. The lowest BCUT2D eigenvalue weighted by Gasteiger charge is -2.34. The van der Waals surface area contributed by atoms with E-state index >= 15 is 4.39 Å². The van der Waals surface area contributed by atoms with Gasteiger partial charge in [0.15, 0.2) is 5.95 Å². The van der Waals surface area contributed by atoms with Crippen molar-refractivity contribution in [2.45, 2.75) is 37.9 Å². The van der Waals surface area contributed by atoms with E-state index in [4.69, 9.17) is 0 Å². The number of hydrogen-bond donors (Lipinski definition) is 2. The molecule has 12 heteroatoms. The van der Waals surface area contributed by atoms with Gasteiger partial charge in [0, 0.05) is 56.7 Å². The molecule has 40 heavy (non-hydrogen) atoms. The van der Waals surface area contributed by atoms with Crippen molar-refractivity contribution in [3.8, 4) is 0 Å². The van der Waals surface area contributed by atoms with E-state index in [1.165, 1.54) is 21.7 Å². The van der Waals surface area contributed by atoms with Gasteiger partial charge in [-0.1, -0.05) is 18.2 Å². The molecule has 3 aromatic heterocycles. The van der Waals surface area contributed by atoms with E-state index in [0.29, 0.717) is 33.4 Å². The Kier molecular flexibility index (Phi) is 5.40. The molecule has 7 rings (SSSR count). The largest absolute Gasteiger partial charge is 0.341 e. The number of pyridine rings is 1. The minimum Gasteiger partial charge on any atom is -0.341 e. The summed E-state index contributed by atoms with van der Waals surface area (Å²) in [7, 11) is 0. The van der Waals surface area contributed by atoms with E-state index in [0.717, 1.165) is 0 Å². The summed E-state index contributed by atoms with van der Waals surface area (Å²) in [5, 5.41) is 5.94. The average molecular weight is 549 g/mol. The number of fused-ring (bicyclic) bond motifs is 1. The number of likely N-dealkylation sites (tertiary alicyclic amines) is 1. The lowest BCUT2D eigenvalue weighted by Crippen LogP contribution is -2.51. The fourth-order valence-electron chi connectivity index (χ4n) is 5.96. The predicted octanol–water partition coefficient (Wildman–Crippen LogP) is 2.72. The Bertz CT molecular complexity index is 1780. The molecule has 0 bridgehead atoms. The molecule has 0 aliphatic carbocycles. The predicted molar refractivity (Wildman–Crippen MR) is 138 cm³/mol. The van der Waals surface area contributed by atoms with E-state index in [-0.39, 0.29) is 43.2 Å². The van der Waals surface area contributed by atoms with Gasteiger partial charge in [0.05, 0.1) is 28.6 Å². The summed E-state index contributed by atoms with van der Waals surface area (Å²) in [5.74, 6) is -4.94. The second-order valence-corrected chi connectivity index (χ2v) is 10.3. The fourth-order valence-corrected chi connectivity index (χ4v) is 5.96. The van der Waals surface area contributed by atoms with Gasteiger partial charge in [0.1, 0.15) is 11.7 Å². The van der Waals surface area contributed by atoms with Crippen LogP contribution in [0, 0.1) is 5.95 Å². The minimum absolute atomic E-state index is 0.0538. The van der Waals surface area contributed by atoms with Crippen LogP contribution in [0.3, 0.4) is 0 Å². The molecule has 204 valence electrons. The molecule has 1 fully saturated rings. The summed E-state index contributed by atoms with van der Waals surface area (Å²) in [6, 6.07) is 9.26. The van der Waals surface area contributed by atoms with Crippen molar-refractivity contribution in [2.75, 3.05) is 13.1 Å². The number of halogens is 3. The lowest BCUT2D eigenvalue weighted by molar-refractivity contribution is -0.140. The highest BCUT2D eigenvalue weighted by Gasteiger charge is 2.39. The van der Waals surface area contributed by atoms with Crippen LogP contribution in [-0.2, 0) is 27.5 Å². The van der Waals surface area contributed by atoms with Crippen molar-refractivity contribution < 1.29 is 27.6 Å². The minimum atomic E-state index is -2.79. The number of amides is 3. The summed E-state index contributed by atoms with van der Waals surface area (Å²) < 4.78 is 45.9. The molecule has 2 N–H and O–H groups in total. The van der Waals surface area contributed by atoms with Crippen LogP contribution >= 0.6 is 0 Å². The Morgan fingerprint density at radius 2 is 1.82 bits per heavy atom. The summed E-state index contributed by atoms with van der Waals surface area (Å²) in [6.07, 6.45) is 2.46. The van der Waals surface area contributed by atoms with E-state index in [2.05, 4.69) is 15.6 Å². The van der Waals surface area contributed by atoms with Crippen LogP contribution in [0.4, 0.5) is 13.2 Å². The normalized spacial score (nSPS) is 20.9. The number of nitrogens with zero attached hydrogens (tertiary/aromatic N) is 4. The highest BCUT2D eigenvalue weighted by Crippen LogP contribution is 2.38. The Labute approximate surface area is 225 Å². The van der Waals surface area contributed by atoms with Gasteiger partial charge in [-0.05, 0) is 23.3 Å². The molecule has 1 aromatic carbocycles. The molecule has 1 saturated heterocycles. The molecule has 0 radical (unpaired) electrons. The number of imide groups is 1. The van der Waals surface area contributed by atoms with E-state index < -0.39 is 42.6 Å². The third-order valence-corrected chi connectivity index (χ3v) is 7.97. The molecule has 3 aliphatic heterocycles. The standard InChI is InChI=1S/C28H23F3N6O3/c29-20-11-17-16(22-23(26(39)34-25(22)38)19-13-33-21-3-1-2-8-36(19)21)5-4-15-12-32-18(14-37(20)24(15)17)27(40)35-9-6-28(30,31)7-10-35/h1-5,8,11,13,18,32H,6-7,9-10,12,14H2,(H,34,38,39). The molecule has 1 unspecified atom stereocenters. The molecule has 3 amide bonds. The maximum atomic E-state index is 15.5. The Morgan fingerprint density at radius 3 is 2.62 bits per heavy atom. The maximum Gasteiger partial charge on any atom is 0.261 e. The number of aromatic nitrogens is 3. The summed E-state index contributed by atoms with van der Waals surface area (Å²) >= 11 is 0. The number of carbonyl (C=O) groups excluding carboxylic acids is 3. The SMILES string of the molecule is O=C1NC(=O)C(c2cnc3ccccn23)=C1c1ccc2c3c1cc(F)n3CC(C(=O)N1CCC(F)(F)CC1)NC2. The van der Waals surface area contributed by atoms with Crippen LogP contribution in [-0.4, -0.2) is 61.6 Å². The zero-order valence-electron chi connectivity index (χ0n) is 21.1. The Balaban J connectivity index is 1.32. The van der Waals surface area contributed by atoms with Crippen molar-refractivity contribution in [1.29, 1.82) is 0 Å². The molecule has 1 atom stereocenters. The molecular formula is C28H23F3N6O3. The first-order chi connectivity index (χ1) is 19.2.